The molecule has 0 aliphatic rings. The van der Waals surface area contributed by atoms with Crippen molar-refractivity contribution in [3.8, 4) is 0 Å². The van der Waals surface area contributed by atoms with E-state index in [9.17, 15) is 9.59 Å². The van der Waals surface area contributed by atoms with Crippen LogP contribution in [0.15, 0.2) is 59.4 Å². The zero-order chi connectivity index (χ0) is 19.8. The smallest absolute Gasteiger partial charge is 0.271 e. The molecule has 0 bridgehead atoms. The number of thioether (sulfide) groups is 1. The van der Waals surface area contributed by atoms with Gasteiger partial charge in [0.25, 0.3) is 11.5 Å². The minimum atomic E-state index is -0.281. The molecule has 0 fully saturated rings. The number of aromatic nitrogens is 2. The predicted molar refractivity (Wildman–Crippen MR) is 113 cm³/mol. The lowest BCUT2D eigenvalue weighted by atomic mass is 10.1. The summed E-state index contributed by atoms with van der Waals surface area (Å²) in [5.41, 5.74) is 1.27. The number of hydrogen-bond acceptors (Lipinski definition) is 5. The Balaban J connectivity index is 1.48. The number of nitrogens with zero attached hydrogens (tertiary/aromatic N) is 2. The molecule has 3 rings (SSSR count). The van der Waals surface area contributed by atoms with Gasteiger partial charge in [0.05, 0.1) is 13.2 Å². The molecule has 7 heteroatoms. The molecule has 0 aliphatic carbocycles. The summed E-state index contributed by atoms with van der Waals surface area (Å²) < 4.78 is 6.20. The van der Waals surface area contributed by atoms with Gasteiger partial charge >= 0.3 is 0 Å². The third-order valence-electron chi connectivity index (χ3n) is 4.28. The van der Waals surface area contributed by atoms with Crippen molar-refractivity contribution >= 4 is 28.4 Å². The molecule has 0 saturated heterocycles. The quantitative estimate of drug-likeness (QED) is 0.562. The fourth-order valence-electron chi connectivity index (χ4n) is 2.84. The van der Waals surface area contributed by atoms with Crippen molar-refractivity contribution in [2.24, 2.45) is 0 Å². The third-order valence-corrected chi connectivity index (χ3v) is 5.28. The van der Waals surface area contributed by atoms with Crippen LogP contribution in [0.3, 0.4) is 0 Å². The number of methoxy groups -OCH3 is 1. The van der Waals surface area contributed by atoms with Crippen LogP contribution >= 0.6 is 11.8 Å². The molecule has 0 atom stereocenters. The summed E-state index contributed by atoms with van der Waals surface area (Å²) >= 11 is 1.77. The van der Waals surface area contributed by atoms with Crippen molar-refractivity contribution in [1.82, 2.24) is 15.1 Å². The molecule has 1 aromatic heterocycles. The standard InChI is InChI=1S/C21H23N3O3S/c1-27-13-12-24-20(25)10-9-19(23-24)21(26)22-11-14-28-15-17-7-4-6-16-5-2-3-8-18(16)17/h2-10H,11-15H2,1H3,(H,22,26). The Labute approximate surface area is 167 Å². The molecule has 1 heterocycles. The van der Waals surface area contributed by atoms with Gasteiger partial charge in [-0.3, -0.25) is 9.59 Å². The minimum Gasteiger partial charge on any atom is -0.383 e. The maximum atomic E-state index is 12.3. The summed E-state index contributed by atoms with van der Waals surface area (Å²) in [5, 5.41) is 9.46. The second kappa shape index (κ2) is 10.1. The van der Waals surface area contributed by atoms with E-state index in [0.29, 0.717) is 19.7 Å². The maximum Gasteiger partial charge on any atom is 0.271 e. The van der Waals surface area contributed by atoms with Gasteiger partial charge in [-0.15, -0.1) is 0 Å². The summed E-state index contributed by atoms with van der Waals surface area (Å²) in [5.74, 6) is 1.40. The molecule has 0 saturated carbocycles. The van der Waals surface area contributed by atoms with Crippen molar-refractivity contribution in [2.45, 2.75) is 12.3 Å². The van der Waals surface area contributed by atoms with E-state index in [1.54, 1.807) is 18.9 Å². The number of fused-ring (bicyclic) bond motifs is 1. The average molecular weight is 398 g/mol. The van der Waals surface area contributed by atoms with E-state index in [0.717, 1.165) is 11.5 Å². The van der Waals surface area contributed by atoms with Gasteiger partial charge in [0.15, 0.2) is 0 Å². The summed E-state index contributed by atoms with van der Waals surface area (Å²) in [4.78, 5) is 24.0. The predicted octanol–water partition coefficient (Wildman–Crippen LogP) is 2.71. The zero-order valence-corrected chi connectivity index (χ0v) is 16.6. The average Bonchev–Trinajstić information content (AvgIpc) is 2.73. The van der Waals surface area contributed by atoms with E-state index in [-0.39, 0.29) is 17.2 Å². The van der Waals surface area contributed by atoms with Gasteiger partial charge < -0.3 is 10.1 Å². The summed E-state index contributed by atoms with van der Waals surface area (Å²) in [6, 6.07) is 17.5. The monoisotopic (exact) mass is 397 g/mol. The van der Waals surface area contributed by atoms with Gasteiger partial charge in [-0.05, 0) is 22.4 Å². The van der Waals surface area contributed by atoms with Gasteiger partial charge in [-0.1, -0.05) is 42.5 Å². The van der Waals surface area contributed by atoms with Crippen molar-refractivity contribution < 1.29 is 9.53 Å². The number of nitrogens with one attached hydrogen (secondary N) is 1. The van der Waals surface area contributed by atoms with Crippen LogP contribution in [0.2, 0.25) is 0 Å². The molecule has 28 heavy (non-hydrogen) atoms. The van der Waals surface area contributed by atoms with Gasteiger partial charge in [0.2, 0.25) is 0 Å². The van der Waals surface area contributed by atoms with E-state index >= 15 is 0 Å². The molecule has 0 spiro atoms. The van der Waals surface area contributed by atoms with E-state index in [1.165, 1.54) is 33.2 Å². The molecule has 0 radical (unpaired) electrons. The first-order valence-corrected chi connectivity index (χ1v) is 10.2. The largest absolute Gasteiger partial charge is 0.383 e. The van der Waals surface area contributed by atoms with Crippen LogP contribution in [0.4, 0.5) is 0 Å². The molecule has 146 valence electrons. The number of amides is 1. The Morgan fingerprint density at radius 3 is 2.82 bits per heavy atom. The molecule has 1 N–H and O–H groups in total. The highest BCUT2D eigenvalue weighted by Gasteiger charge is 2.09. The molecular weight excluding hydrogens is 374 g/mol. The van der Waals surface area contributed by atoms with E-state index < -0.39 is 0 Å². The highest BCUT2D eigenvalue weighted by atomic mass is 32.2. The third kappa shape index (κ3) is 5.21. The summed E-state index contributed by atoms with van der Waals surface area (Å²) in [7, 11) is 1.55. The van der Waals surface area contributed by atoms with Crippen molar-refractivity contribution in [1.29, 1.82) is 0 Å². The van der Waals surface area contributed by atoms with Gasteiger partial charge in [-0.25, -0.2) is 4.68 Å². The first kappa shape index (κ1) is 20.1. The number of hydrogen-bond donors (Lipinski definition) is 1. The highest BCUT2D eigenvalue weighted by molar-refractivity contribution is 7.98. The first-order valence-electron chi connectivity index (χ1n) is 9.09. The minimum absolute atomic E-state index is 0.231. The lowest BCUT2D eigenvalue weighted by Gasteiger charge is -2.08. The number of rotatable bonds is 9. The number of carbonyl (C=O) groups is 1. The fourth-order valence-corrected chi connectivity index (χ4v) is 3.70. The SMILES string of the molecule is COCCn1nc(C(=O)NCCSCc2cccc3ccccc23)ccc1=O. The molecule has 0 unspecified atom stereocenters. The Morgan fingerprint density at radius 1 is 1.14 bits per heavy atom. The van der Waals surface area contributed by atoms with Crippen LogP contribution in [0, 0.1) is 0 Å². The van der Waals surface area contributed by atoms with Gasteiger partial charge in [0, 0.05) is 31.2 Å². The van der Waals surface area contributed by atoms with Gasteiger partial charge in [0.1, 0.15) is 5.69 Å². The summed E-state index contributed by atoms with van der Waals surface area (Å²) in [6.45, 7) is 1.22. The Morgan fingerprint density at radius 2 is 1.96 bits per heavy atom. The van der Waals surface area contributed by atoms with Crippen LogP contribution in [-0.4, -0.2) is 41.7 Å². The van der Waals surface area contributed by atoms with Gasteiger partial charge in [-0.2, -0.15) is 16.9 Å². The van der Waals surface area contributed by atoms with Crippen LogP contribution in [0.25, 0.3) is 10.8 Å². The Hall–Kier alpha value is -2.64. The number of benzene rings is 2. The molecule has 6 nitrogen and oxygen atoms in total. The highest BCUT2D eigenvalue weighted by Crippen LogP contribution is 2.22. The van der Waals surface area contributed by atoms with Crippen molar-refractivity contribution in [3.63, 3.8) is 0 Å². The molecule has 2 aromatic carbocycles. The lowest BCUT2D eigenvalue weighted by Crippen LogP contribution is -2.31. The molecule has 3 aromatic rings. The van der Waals surface area contributed by atoms with Crippen molar-refractivity contribution in [3.05, 3.63) is 76.2 Å². The maximum absolute atomic E-state index is 12.3. The Kier molecular flexibility index (Phi) is 7.22. The van der Waals surface area contributed by atoms with E-state index in [2.05, 4.69) is 46.8 Å². The first-order chi connectivity index (χ1) is 13.7. The van der Waals surface area contributed by atoms with E-state index in [4.69, 9.17) is 4.74 Å². The molecular formula is C21H23N3O3S. The second-order valence-electron chi connectivity index (χ2n) is 6.22. The second-order valence-corrected chi connectivity index (χ2v) is 7.32. The zero-order valence-electron chi connectivity index (χ0n) is 15.8. The van der Waals surface area contributed by atoms with Crippen molar-refractivity contribution in [2.75, 3.05) is 26.0 Å². The lowest BCUT2D eigenvalue weighted by molar-refractivity contribution is 0.0947. The Bertz CT molecular complexity index is 998. The van der Waals surface area contributed by atoms with Crippen LogP contribution in [0.1, 0.15) is 16.1 Å². The molecule has 1 amide bonds. The van der Waals surface area contributed by atoms with Crippen LogP contribution in [0.5, 0.6) is 0 Å². The number of carbonyl (C=O) groups excluding carboxylic acids is 1. The van der Waals surface area contributed by atoms with Crippen LogP contribution < -0.4 is 10.9 Å². The number of ether oxygens (including phenoxy) is 1. The van der Waals surface area contributed by atoms with E-state index in [1.807, 2.05) is 6.07 Å². The molecule has 0 aliphatic heterocycles. The van der Waals surface area contributed by atoms with Crippen LogP contribution in [-0.2, 0) is 17.0 Å². The summed E-state index contributed by atoms with van der Waals surface area (Å²) in [6.07, 6.45) is 0. The topological polar surface area (TPSA) is 73.2 Å². The fraction of sp³-hybridized carbons (Fsp3) is 0.286. The normalized spacial score (nSPS) is 10.9.